The molecule has 4 aromatic rings. The van der Waals surface area contributed by atoms with Gasteiger partial charge < -0.3 is 10.3 Å². The van der Waals surface area contributed by atoms with Crippen LogP contribution in [0.1, 0.15) is 5.56 Å². The van der Waals surface area contributed by atoms with E-state index in [9.17, 15) is 4.39 Å². The fraction of sp³-hybridized carbons (Fsp3) is 0.0588. The summed E-state index contributed by atoms with van der Waals surface area (Å²) in [6, 6.07) is 11.8. The summed E-state index contributed by atoms with van der Waals surface area (Å²) in [7, 11) is 0. The zero-order valence-corrected chi connectivity index (χ0v) is 14.3. The minimum absolute atomic E-state index is 0.0430. The zero-order valence-electron chi connectivity index (χ0n) is 13.5. The summed E-state index contributed by atoms with van der Waals surface area (Å²) in [5.41, 5.74) is 8.66. The van der Waals surface area contributed by atoms with Gasteiger partial charge in [-0.05, 0) is 30.7 Å². The smallest absolute Gasteiger partial charge is 0.282 e. The zero-order chi connectivity index (χ0) is 18.3. The van der Waals surface area contributed by atoms with E-state index in [0.717, 1.165) is 11.1 Å². The number of nitrogen functional groups attached to an aromatic ring is 1. The van der Waals surface area contributed by atoms with Crippen LogP contribution in [0.3, 0.4) is 0 Å². The van der Waals surface area contributed by atoms with E-state index in [1.807, 2.05) is 31.2 Å². The highest BCUT2D eigenvalue weighted by Crippen LogP contribution is 2.28. The van der Waals surface area contributed by atoms with Gasteiger partial charge in [0.25, 0.3) is 5.89 Å². The molecule has 4 rings (SSSR count). The molecule has 0 unspecified atom stereocenters. The Labute approximate surface area is 152 Å². The van der Waals surface area contributed by atoms with E-state index >= 15 is 0 Å². The summed E-state index contributed by atoms with van der Waals surface area (Å²) < 4.78 is 19.9. The second kappa shape index (κ2) is 6.23. The van der Waals surface area contributed by atoms with E-state index in [-0.39, 0.29) is 22.4 Å². The van der Waals surface area contributed by atoms with Crippen LogP contribution in [0.2, 0.25) is 5.02 Å². The molecular weight excluding hydrogens is 359 g/mol. The van der Waals surface area contributed by atoms with Crippen molar-refractivity contribution in [2.75, 3.05) is 5.73 Å². The second-order valence-electron chi connectivity index (χ2n) is 5.57. The Balaban J connectivity index is 1.73. The number of anilines is 1. The SMILES string of the molecule is Cc1ccccc1-c1noc(-c2nnn(-c3ccc(F)c(Cl)c3)c2N)n1. The number of nitrogens with two attached hydrogens (primary N) is 1. The molecule has 9 heteroatoms. The Morgan fingerprint density at radius 2 is 2.00 bits per heavy atom. The molecule has 130 valence electrons. The van der Waals surface area contributed by atoms with E-state index < -0.39 is 5.82 Å². The number of nitrogens with zero attached hydrogens (tertiary/aromatic N) is 5. The van der Waals surface area contributed by atoms with Crippen molar-refractivity contribution in [3.05, 3.63) is 58.9 Å². The maximum Gasteiger partial charge on any atom is 0.282 e. The summed E-state index contributed by atoms with van der Waals surface area (Å²) in [6.45, 7) is 1.95. The van der Waals surface area contributed by atoms with Crippen molar-refractivity contribution in [3.63, 3.8) is 0 Å². The largest absolute Gasteiger partial charge is 0.382 e. The quantitative estimate of drug-likeness (QED) is 0.591. The highest BCUT2D eigenvalue weighted by atomic mass is 35.5. The van der Waals surface area contributed by atoms with Gasteiger partial charge >= 0.3 is 0 Å². The molecule has 0 spiro atoms. The normalized spacial score (nSPS) is 11.0. The summed E-state index contributed by atoms with van der Waals surface area (Å²) in [5, 5.41) is 11.9. The number of hydrogen-bond donors (Lipinski definition) is 1. The first-order chi connectivity index (χ1) is 12.5. The Morgan fingerprint density at radius 3 is 2.77 bits per heavy atom. The van der Waals surface area contributed by atoms with E-state index in [0.29, 0.717) is 11.5 Å². The van der Waals surface area contributed by atoms with Crippen molar-refractivity contribution < 1.29 is 8.91 Å². The van der Waals surface area contributed by atoms with E-state index in [1.165, 1.54) is 22.9 Å². The third kappa shape index (κ3) is 2.70. The maximum atomic E-state index is 13.3. The van der Waals surface area contributed by atoms with E-state index in [4.69, 9.17) is 21.9 Å². The number of halogens is 2. The number of hydrogen-bond acceptors (Lipinski definition) is 6. The number of rotatable bonds is 3. The molecule has 0 saturated carbocycles. The molecule has 2 aromatic carbocycles. The van der Waals surface area contributed by atoms with Crippen molar-refractivity contribution >= 4 is 17.4 Å². The van der Waals surface area contributed by atoms with E-state index in [2.05, 4.69) is 20.5 Å². The minimum Gasteiger partial charge on any atom is -0.382 e. The van der Waals surface area contributed by atoms with Gasteiger partial charge in [0.1, 0.15) is 5.82 Å². The van der Waals surface area contributed by atoms with Gasteiger partial charge in [0.05, 0.1) is 10.7 Å². The van der Waals surface area contributed by atoms with Gasteiger partial charge in [-0.3, -0.25) is 0 Å². The van der Waals surface area contributed by atoms with Crippen LogP contribution < -0.4 is 5.73 Å². The van der Waals surface area contributed by atoms with Crippen molar-refractivity contribution in [1.82, 2.24) is 25.1 Å². The Kier molecular flexibility index (Phi) is 3.89. The first-order valence-corrected chi connectivity index (χ1v) is 7.99. The average molecular weight is 371 g/mol. The first kappa shape index (κ1) is 16.2. The molecule has 0 atom stereocenters. The fourth-order valence-corrected chi connectivity index (χ4v) is 2.68. The fourth-order valence-electron chi connectivity index (χ4n) is 2.50. The lowest BCUT2D eigenvalue weighted by molar-refractivity contribution is 0.431. The summed E-state index contributed by atoms with van der Waals surface area (Å²) in [5.74, 6) is 0.207. The summed E-state index contributed by atoms with van der Waals surface area (Å²) >= 11 is 5.81. The molecule has 2 heterocycles. The van der Waals surface area contributed by atoms with Gasteiger partial charge in [-0.1, -0.05) is 46.2 Å². The first-order valence-electron chi connectivity index (χ1n) is 7.61. The maximum absolute atomic E-state index is 13.3. The highest BCUT2D eigenvalue weighted by molar-refractivity contribution is 6.30. The minimum atomic E-state index is -0.533. The lowest BCUT2D eigenvalue weighted by Crippen LogP contribution is -2.02. The van der Waals surface area contributed by atoms with Crippen LogP contribution in [0, 0.1) is 12.7 Å². The van der Waals surface area contributed by atoms with Gasteiger partial charge in [0, 0.05) is 5.56 Å². The summed E-state index contributed by atoms with van der Waals surface area (Å²) in [6.07, 6.45) is 0. The highest BCUT2D eigenvalue weighted by Gasteiger charge is 2.20. The topological polar surface area (TPSA) is 95.7 Å². The van der Waals surface area contributed by atoms with Crippen LogP contribution in [-0.2, 0) is 0 Å². The number of benzene rings is 2. The van der Waals surface area contributed by atoms with Crippen LogP contribution in [-0.4, -0.2) is 25.1 Å². The monoisotopic (exact) mass is 370 g/mol. The van der Waals surface area contributed by atoms with Crippen molar-refractivity contribution in [2.24, 2.45) is 0 Å². The van der Waals surface area contributed by atoms with Crippen molar-refractivity contribution in [2.45, 2.75) is 6.92 Å². The molecule has 26 heavy (non-hydrogen) atoms. The van der Waals surface area contributed by atoms with Crippen LogP contribution in [0.15, 0.2) is 47.0 Å². The van der Waals surface area contributed by atoms with Gasteiger partial charge in [0.2, 0.25) is 5.82 Å². The van der Waals surface area contributed by atoms with Crippen molar-refractivity contribution in [1.29, 1.82) is 0 Å². The molecule has 2 N–H and O–H groups in total. The molecule has 0 aliphatic carbocycles. The Morgan fingerprint density at radius 1 is 1.19 bits per heavy atom. The third-order valence-electron chi connectivity index (χ3n) is 3.87. The lowest BCUT2D eigenvalue weighted by Gasteiger charge is -2.03. The van der Waals surface area contributed by atoms with Gasteiger partial charge in [0.15, 0.2) is 11.5 Å². The standard InChI is InChI=1S/C17H12ClFN6O/c1-9-4-2-3-5-11(9)16-21-17(26-23-16)14-15(20)25(24-22-14)10-6-7-13(19)12(18)8-10/h2-8H,20H2,1H3. The lowest BCUT2D eigenvalue weighted by atomic mass is 10.1. The van der Waals surface area contributed by atoms with Crippen LogP contribution in [0.25, 0.3) is 28.7 Å². The predicted octanol–water partition coefficient (Wildman–Crippen LogP) is 3.67. The molecule has 0 aliphatic heterocycles. The third-order valence-corrected chi connectivity index (χ3v) is 4.16. The molecular formula is C17H12ClFN6O. The molecule has 0 fully saturated rings. The average Bonchev–Trinajstić information content (AvgIpc) is 3.24. The summed E-state index contributed by atoms with van der Waals surface area (Å²) in [4.78, 5) is 4.35. The molecule has 0 saturated heterocycles. The van der Waals surface area contributed by atoms with E-state index in [1.54, 1.807) is 0 Å². The Hall–Kier alpha value is -3.26. The predicted molar refractivity (Wildman–Crippen MR) is 94.2 cm³/mol. The van der Waals surface area contributed by atoms with Crippen LogP contribution in [0.4, 0.5) is 10.2 Å². The van der Waals surface area contributed by atoms with Gasteiger partial charge in [-0.15, -0.1) is 5.10 Å². The molecule has 7 nitrogen and oxygen atoms in total. The molecule has 0 bridgehead atoms. The van der Waals surface area contributed by atoms with Crippen LogP contribution >= 0.6 is 11.6 Å². The van der Waals surface area contributed by atoms with Gasteiger partial charge in [-0.25, -0.2) is 4.39 Å². The molecule has 2 aromatic heterocycles. The molecule has 0 aliphatic rings. The van der Waals surface area contributed by atoms with Gasteiger partial charge in [-0.2, -0.15) is 9.67 Å². The van der Waals surface area contributed by atoms with Crippen molar-refractivity contribution in [3.8, 4) is 28.7 Å². The molecule has 0 amide bonds. The Bertz CT molecular complexity index is 1110. The van der Waals surface area contributed by atoms with Crippen LogP contribution in [0.5, 0.6) is 0 Å². The number of aryl methyl sites for hydroxylation is 1. The molecule has 0 radical (unpaired) electrons. The second-order valence-corrected chi connectivity index (χ2v) is 5.98. The number of aromatic nitrogens is 5.